The minimum Gasteiger partial charge on any atom is 1.00 e. The SMILES string of the molecule is CCCC[Se-].[Li+]. The predicted octanol–water partition coefficient (Wildman–Crippen LogP) is -1.62. The van der Waals surface area contributed by atoms with Crippen LogP contribution < -0.4 is 18.9 Å². The first-order valence-electron chi connectivity index (χ1n) is 2.00. The third-order valence-electron chi connectivity index (χ3n) is 0.498. The Morgan fingerprint density at radius 2 is 2.00 bits per heavy atom. The van der Waals surface area contributed by atoms with Crippen molar-refractivity contribution in [3.8, 4) is 0 Å². The van der Waals surface area contributed by atoms with E-state index in [1.54, 1.807) is 0 Å². The van der Waals surface area contributed by atoms with Crippen molar-refractivity contribution in [2.24, 2.45) is 0 Å². The average Bonchev–Trinajstić information content (AvgIpc) is 1.41. The first-order valence-corrected chi connectivity index (χ1v) is 3.21. The van der Waals surface area contributed by atoms with E-state index in [2.05, 4.69) is 22.9 Å². The minimum atomic E-state index is 0. The van der Waals surface area contributed by atoms with Crippen LogP contribution in [0.1, 0.15) is 19.8 Å². The molecule has 0 aromatic carbocycles. The molecule has 0 heterocycles. The molecule has 0 aromatic heterocycles. The van der Waals surface area contributed by atoms with Gasteiger partial charge in [0.2, 0.25) is 0 Å². The van der Waals surface area contributed by atoms with E-state index in [1.165, 1.54) is 18.2 Å². The fraction of sp³-hybridized carbons (Fsp3) is 1.00. The fourth-order valence-corrected chi connectivity index (χ4v) is 0.750. The number of hydrogen-bond acceptors (Lipinski definition) is 0. The van der Waals surface area contributed by atoms with Gasteiger partial charge in [-0.15, -0.1) is 0 Å². The Labute approximate surface area is 60.1 Å². The molecule has 0 amide bonds. The third kappa shape index (κ3) is 8.93. The normalized spacial score (nSPS) is 7.00. The van der Waals surface area contributed by atoms with Crippen LogP contribution in [0.3, 0.4) is 0 Å². The van der Waals surface area contributed by atoms with Crippen LogP contribution in [-0.2, 0) is 0 Å². The Hall–Kier alpha value is 1.12. The van der Waals surface area contributed by atoms with Gasteiger partial charge in [-0.2, -0.15) is 0 Å². The van der Waals surface area contributed by atoms with E-state index in [9.17, 15) is 0 Å². The molecular weight excluding hydrogens is 134 g/mol. The fourth-order valence-electron chi connectivity index (χ4n) is 0.144. The van der Waals surface area contributed by atoms with Crippen LogP contribution in [-0.4, -0.2) is 16.0 Å². The molecule has 0 saturated carbocycles. The summed E-state index contributed by atoms with van der Waals surface area (Å²) < 4.78 is 0. The van der Waals surface area contributed by atoms with Gasteiger partial charge in [0.25, 0.3) is 0 Å². The van der Waals surface area contributed by atoms with E-state index < -0.39 is 0 Å². The van der Waals surface area contributed by atoms with Gasteiger partial charge < -0.3 is 0 Å². The average molecular weight is 143 g/mol. The molecule has 0 radical (unpaired) electrons. The van der Waals surface area contributed by atoms with Crippen LogP contribution >= 0.6 is 0 Å². The van der Waals surface area contributed by atoms with E-state index in [-0.39, 0.29) is 18.9 Å². The minimum absolute atomic E-state index is 0. The van der Waals surface area contributed by atoms with Crippen molar-refractivity contribution < 1.29 is 18.9 Å². The first-order chi connectivity index (χ1) is 2.41. The number of unbranched alkanes of at least 4 members (excludes halogenated alkanes) is 1. The Bertz CT molecular complexity index is 15.0. The van der Waals surface area contributed by atoms with Crippen LogP contribution in [0.4, 0.5) is 0 Å². The summed E-state index contributed by atoms with van der Waals surface area (Å²) >= 11 is 2.94. The summed E-state index contributed by atoms with van der Waals surface area (Å²) in [6.07, 6.45) is 2.65. The molecule has 0 fully saturated rings. The molecular formula is C4H9LiSe. The van der Waals surface area contributed by atoms with Gasteiger partial charge in [0, 0.05) is 0 Å². The summed E-state index contributed by atoms with van der Waals surface area (Å²) in [5, 5.41) is 1.22. The molecule has 0 spiro atoms. The zero-order chi connectivity index (χ0) is 4.12. The van der Waals surface area contributed by atoms with Gasteiger partial charge in [-0.25, -0.2) is 0 Å². The summed E-state index contributed by atoms with van der Waals surface area (Å²) in [5.41, 5.74) is 0. The van der Waals surface area contributed by atoms with Crippen molar-refractivity contribution in [1.82, 2.24) is 0 Å². The van der Waals surface area contributed by atoms with E-state index in [0.29, 0.717) is 0 Å². The molecule has 0 atom stereocenters. The standard InChI is InChI=1S/C4H10Se.Li/c1-2-3-4-5;/h5H,2-4H2,1H3;/q;+1/p-1. The Morgan fingerprint density at radius 3 is 2.00 bits per heavy atom. The van der Waals surface area contributed by atoms with Crippen molar-refractivity contribution in [3.63, 3.8) is 0 Å². The molecule has 0 saturated heterocycles. The van der Waals surface area contributed by atoms with Gasteiger partial charge >= 0.3 is 60.0 Å². The Balaban J connectivity index is 0. The summed E-state index contributed by atoms with van der Waals surface area (Å²) in [6, 6.07) is 0. The van der Waals surface area contributed by atoms with Gasteiger partial charge in [-0.1, -0.05) is 0 Å². The molecule has 0 rings (SSSR count). The first kappa shape index (κ1) is 10.2. The maximum atomic E-state index is 2.94. The van der Waals surface area contributed by atoms with E-state index in [1.807, 2.05) is 0 Å². The van der Waals surface area contributed by atoms with E-state index in [4.69, 9.17) is 0 Å². The predicted molar refractivity (Wildman–Crippen MR) is 25.5 cm³/mol. The van der Waals surface area contributed by atoms with Crippen LogP contribution in [0.5, 0.6) is 0 Å². The Kier molecular flexibility index (Phi) is 16.0. The van der Waals surface area contributed by atoms with Crippen molar-refractivity contribution in [2.75, 3.05) is 0 Å². The molecule has 0 unspecified atom stereocenters. The van der Waals surface area contributed by atoms with E-state index >= 15 is 0 Å². The summed E-state index contributed by atoms with van der Waals surface area (Å²) in [6.45, 7) is 2.19. The number of rotatable bonds is 2. The second kappa shape index (κ2) is 9.45. The second-order valence-corrected chi connectivity index (χ2v) is 1.91. The molecule has 32 valence electrons. The monoisotopic (exact) mass is 144 g/mol. The van der Waals surface area contributed by atoms with Crippen LogP contribution in [0, 0.1) is 0 Å². The van der Waals surface area contributed by atoms with Gasteiger partial charge in [0.1, 0.15) is 0 Å². The largest absolute Gasteiger partial charge is 1.00 e. The van der Waals surface area contributed by atoms with Gasteiger partial charge in [-0.3, -0.25) is 0 Å². The topological polar surface area (TPSA) is 0 Å². The van der Waals surface area contributed by atoms with Crippen molar-refractivity contribution in [2.45, 2.75) is 25.1 Å². The molecule has 0 N–H and O–H groups in total. The quantitative estimate of drug-likeness (QED) is 0.407. The molecule has 0 bridgehead atoms. The van der Waals surface area contributed by atoms with E-state index in [0.717, 1.165) is 0 Å². The summed E-state index contributed by atoms with van der Waals surface area (Å²) in [5.74, 6) is 0. The smallest absolute Gasteiger partial charge is 1.00 e. The van der Waals surface area contributed by atoms with Crippen molar-refractivity contribution in [3.05, 3.63) is 0 Å². The maximum Gasteiger partial charge on any atom is 1.00 e. The van der Waals surface area contributed by atoms with Crippen molar-refractivity contribution >= 4 is 16.0 Å². The Morgan fingerprint density at radius 1 is 1.50 bits per heavy atom. The summed E-state index contributed by atoms with van der Waals surface area (Å²) in [4.78, 5) is 0. The van der Waals surface area contributed by atoms with Crippen LogP contribution in [0.2, 0.25) is 5.32 Å². The second-order valence-electron chi connectivity index (χ2n) is 1.06. The molecule has 0 nitrogen and oxygen atoms in total. The number of hydrogen-bond donors (Lipinski definition) is 0. The zero-order valence-corrected chi connectivity index (χ0v) is 6.24. The zero-order valence-electron chi connectivity index (χ0n) is 4.53. The summed E-state index contributed by atoms with van der Waals surface area (Å²) in [7, 11) is 0. The molecule has 0 aromatic rings. The van der Waals surface area contributed by atoms with Crippen LogP contribution in [0.25, 0.3) is 0 Å². The molecule has 2 heteroatoms. The third-order valence-corrected chi connectivity index (χ3v) is 1.10. The molecule has 6 heavy (non-hydrogen) atoms. The van der Waals surface area contributed by atoms with Gasteiger partial charge in [0.05, 0.1) is 0 Å². The molecule has 0 aliphatic carbocycles. The van der Waals surface area contributed by atoms with Crippen LogP contribution in [0.15, 0.2) is 0 Å². The molecule has 0 aliphatic heterocycles. The maximum absolute atomic E-state index is 2.94. The van der Waals surface area contributed by atoms with Crippen molar-refractivity contribution in [1.29, 1.82) is 0 Å². The van der Waals surface area contributed by atoms with Gasteiger partial charge in [-0.05, 0) is 0 Å². The molecule has 0 aliphatic rings. The van der Waals surface area contributed by atoms with Gasteiger partial charge in [0.15, 0.2) is 0 Å².